The van der Waals surface area contributed by atoms with Crippen LogP contribution in [0.25, 0.3) is 0 Å². The molecule has 1 aliphatic heterocycles. The van der Waals surface area contributed by atoms with E-state index >= 15 is 0 Å². The zero-order valence-corrected chi connectivity index (χ0v) is 14.1. The number of thiocarbonyl (C=S) groups is 1. The summed E-state index contributed by atoms with van der Waals surface area (Å²) in [7, 11) is 0. The molecular formula is C16H23FN4S. The molecule has 0 amide bonds. The maximum Gasteiger partial charge on any atom is 0.187 e. The van der Waals surface area contributed by atoms with Crippen LogP contribution in [0, 0.1) is 5.82 Å². The highest BCUT2D eigenvalue weighted by atomic mass is 32.1. The molecule has 0 radical (unpaired) electrons. The van der Waals surface area contributed by atoms with Crippen molar-refractivity contribution in [3.8, 4) is 0 Å². The first-order valence-electron chi connectivity index (χ1n) is 7.63. The molecule has 0 aliphatic carbocycles. The first-order valence-corrected chi connectivity index (χ1v) is 8.04. The minimum atomic E-state index is -0.197. The van der Waals surface area contributed by atoms with Crippen molar-refractivity contribution in [1.82, 2.24) is 10.7 Å². The number of anilines is 1. The van der Waals surface area contributed by atoms with Gasteiger partial charge in [0.05, 0.1) is 11.4 Å². The standard InChI is InChI=1S/C16H23FN4S/c1-11(2)18-16(22)20-19-12(3)13-6-7-15(14(17)10-13)21-8-4-5-9-21/h6-7,10-11H,4-5,8-9H2,1-3H3,(H2,18,20,22)/b19-12-. The van der Waals surface area contributed by atoms with Crippen LogP contribution in [0.15, 0.2) is 23.3 Å². The van der Waals surface area contributed by atoms with Gasteiger partial charge in [0.15, 0.2) is 5.11 Å². The molecule has 2 rings (SSSR count). The number of nitrogens with zero attached hydrogens (tertiary/aromatic N) is 2. The average Bonchev–Trinajstić information content (AvgIpc) is 2.97. The van der Waals surface area contributed by atoms with Gasteiger partial charge in [-0.1, -0.05) is 6.07 Å². The van der Waals surface area contributed by atoms with Crippen LogP contribution in [0.2, 0.25) is 0 Å². The quantitative estimate of drug-likeness (QED) is 0.508. The Balaban J connectivity index is 2.05. The number of hydrazone groups is 1. The Bertz CT molecular complexity index is 565. The average molecular weight is 322 g/mol. The third-order valence-electron chi connectivity index (χ3n) is 3.56. The molecule has 0 bridgehead atoms. The van der Waals surface area contributed by atoms with Gasteiger partial charge in [-0.3, -0.25) is 5.43 Å². The molecular weight excluding hydrogens is 299 g/mol. The van der Waals surface area contributed by atoms with Gasteiger partial charge in [-0.25, -0.2) is 4.39 Å². The molecule has 1 saturated heterocycles. The zero-order chi connectivity index (χ0) is 16.1. The van der Waals surface area contributed by atoms with Crippen LogP contribution in [-0.4, -0.2) is 30.0 Å². The lowest BCUT2D eigenvalue weighted by Gasteiger charge is -2.18. The van der Waals surface area contributed by atoms with Crippen molar-refractivity contribution in [3.05, 3.63) is 29.6 Å². The predicted molar refractivity (Wildman–Crippen MR) is 94.1 cm³/mol. The molecule has 1 heterocycles. The summed E-state index contributed by atoms with van der Waals surface area (Å²) in [5, 5.41) is 7.70. The van der Waals surface area contributed by atoms with Crippen LogP contribution in [0.3, 0.4) is 0 Å². The topological polar surface area (TPSA) is 39.7 Å². The second-order valence-corrected chi connectivity index (χ2v) is 6.21. The lowest BCUT2D eigenvalue weighted by Crippen LogP contribution is -2.37. The van der Waals surface area contributed by atoms with E-state index in [-0.39, 0.29) is 11.9 Å². The molecule has 1 aliphatic rings. The van der Waals surface area contributed by atoms with E-state index in [2.05, 4.69) is 20.7 Å². The third-order valence-corrected chi connectivity index (χ3v) is 3.77. The largest absolute Gasteiger partial charge is 0.369 e. The van der Waals surface area contributed by atoms with Gasteiger partial charge in [0.25, 0.3) is 0 Å². The molecule has 0 unspecified atom stereocenters. The van der Waals surface area contributed by atoms with Crippen molar-refractivity contribution in [2.24, 2.45) is 5.10 Å². The molecule has 1 fully saturated rings. The maximum atomic E-state index is 14.3. The van der Waals surface area contributed by atoms with Gasteiger partial charge in [-0.05, 0) is 58.0 Å². The van der Waals surface area contributed by atoms with E-state index in [1.54, 1.807) is 0 Å². The second-order valence-electron chi connectivity index (χ2n) is 5.80. The molecule has 6 heteroatoms. The number of nitrogens with one attached hydrogen (secondary N) is 2. The van der Waals surface area contributed by atoms with E-state index in [9.17, 15) is 4.39 Å². The highest BCUT2D eigenvalue weighted by molar-refractivity contribution is 7.80. The van der Waals surface area contributed by atoms with Crippen molar-refractivity contribution >= 4 is 28.7 Å². The van der Waals surface area contributed by atoms with E-state index in [1.807, 2.05) is 32.9 Å². The number of rotatable bonds is 4. The van der Waals surface area contributed by atoms with Crippen LogP contribution in [0.5, 0.6) is 0 Å². The molecule has 1 aromatic carbocycles. The first kappa shape index (κ1) is 16.7. The summed E-state index contributed by atoms with van der Waals surface area (Å²) in [5.41, 5.74) is 4.90. The highest BCUT2D eigenvalue weighted by Gasteiger charge is 2.16. The minimum Gasteiger partial charge on any atom is -0.369 e. The smallest absolute Gasteiger partial charge is 0.187 e. The molecule has 22 heavy (non-hydrogen) atoms. The monoisotopic (exact) mass is 322 g/mol. The maximum absolute atomic E-state index is 14.3. The molecule has 4 nitrogen and oxygen atoms in total. The summed E-state index contributed by atoms with van der Waals surface area (Å²) in [5.74, 6) is -0.197. The van der Waals surface area contributed by atoms with Crippen molar-refractivity contribution in [2.45, 2.75) is 39.7 Å². The summed E-state index contributed by atoms with van der Waals surface area (Å²) in [6.07, 6.45) is 2.26. The Morgan fingerprint density at radius 1 is 1.32 bits per heavy atom. The Hall–Kier alpha value is -1.69. The first-order chi connectivity index (χ1) is 10.5. The van der Waals surface area contributed by atoms with E-state index in [4.69, 9.17) is 12.2 Å². The van der Waals surface area contributed by atoms with Crippen molar-refractivity contribution in [3.63, 3.8) is 0 Å². The zero-order valence-electron chi connectivity index (χ0n) is 13.3. The minimum absolute atomic E-state index is 0.197. The van der Waals surface area contributed by atoms with Gasteiger partial charge in [-0.15, -0.1) is 0 Å². The fourth-order valence-corrected chi connectivity index (χ4v) is 2.72. The predicted octanol–water partition coefficient (Wildman–Crippen LogP) is 3.02. The van der Waals surface area contributed by atoms with Crippen LogP contribution in [0.4, 0.5) is 10.1 Å². The summed E-state index contributed by atoms with van der Waals surface area (Å²) in [6.45, 7) is 7.68. The van der Waals surface area contributed by atoms with Gasteiger partial charge >= 0.3 is 0 Å². The van der Waals surface area contributed by atoms with E-state index < -0.39 is 0 Å². The van der Waals surface area contributed by atoms with E-state index in [0.717, 1.165) is 31.5 Å². The number of hydrogen-bond acceptors (Lipinski definition) is 3. The summed E-state index contributed by atoms with van der Waals surface area (Å²) >= 11 is 5.11. The van der Waals surface area contributed by atoms with Gasteiger partial charge in [-0.2, -0.15) is 5.10 Å². The number of halogens is 1. The van der Waals surface area contributed by atoms with E-state index in [1.165, 1.54) is 6.07 Å². The fraction of sp³-hybridized carbons (Fsp3) is 0.500. The van der Waals surface area contributed by atoms with Crippen LogP contribution >= 0.6 is 12.2 Å². The summed E-state index contributed by atoms with van der Waals surface area (Å²) < 4.78 is 14.3. The Kier molecular flexibility index (Phi) is 5.71. The van der Waals surface area contributed by atoms with Crippen LogP contribution < -0.4 is 15.6 Å². The molecule has 120 valence electrons. The van der Waals surface area contributed by atoms with E-state index in [0.29, 0.717) is 16.5 Å². The Morgan fingerprint density at radius 2 is 2.00 bits per heavy atom. The fourth-order valence-electron chi connectivity index (χ4n) is 2.44. The van der Waals surface area contributed by atoms with Crippen molar-refractivity contribution in [2.75, 3.05) is 18.0 Å². The van der Waals surface area contributed by atoms with Gasteiger partial charge in [0.1, 0.15) is 5.82 Å². The van der Waals surface area contributed by atoms with Gasteiger partial charge < -0.3 is 10.2 Å². The lowest BCUT2D eigenvalue weighted by atomic mass is 10.1. The third kappa shape index (κ3) is 4.40. The summed E-state index contributed by atoms with van der Waals surface area (Å²) in [4.78, 5) is 2.09. The number of hydrogen-bond donors (Lipinski definition) is 2. The normalized spacial score (nSPS) is 15.3. The van der Waals surface area contributed by atoms with Crippen molar-refractivity contribution < 1.29 is 4.39 Å². The molecule has 1 aromatic rings. The lowest BCUT2D eigenvalue weighted by molar-refractivity contribution is 0.623. The van der Waals surface area contributed by atoms with Crippen LogP contribution in [0.1, 0.15) is 39.2 Å². The molecule has 0 atom stereocenters. The highest BCUT2D eigenvalue weighted by Crippen LogP contribution is 2.24. The van der Waals surface area contributed by atoms with Crippen LogP contribution in [-0.2, 0) is 0 Å². The second kappa shape index (κ2) is 7.54. The molecule has 0 aromatic heterocycles. The summed E-state index contributed by atoms with van der Waals surface area (Å²) in [6, 6.07) is 5.51. The van der Waals surface area contributed by atoms with Gasteiger partial charge in [0.2, 0.25) is 0 Å². The number of benzene rings is 1. The van der Waals surface area contributed by atoms with Crippen molar-refractivity contribution in [1.29, 1.82) is 0 Å². The SMILES string of the molecule is C/C(=N/NC(=S)NC(C)C)c1ccc(N2CCCC2)c(F)c1. The molecule has 0 spiro atoms. The molecule has 2 N–H and O–H groups in total. The Morgan fingerprint density at radius 3 is 2.59 bits per heavy atom. The molecule has 0 saturated carbocycles. The Labute approximate surface area is 136 Å². The van der Waals surface area contributed by atoms with Gasteiger partial charge in [0, 0.05) is 24.7 Å².